The van der Waals surface area contributed by atoms with E-state index in [0.717, 1.165) is 10.6 Å². The molecule has 2 aromatic rings. The van der Waals surface area contributed by atoms with Crippen LogP contribution in [0.2, 0.25) is 0 Å². The molecule has 20 heavy (non-hydrogen) atoms. The third-order valence-corrected chi connectivity index (χ3v) is 3.85. The normalized spacial score (nSPS) is 11.6. The second-order valence-electron chi connectivity index (χ2n) is 4.23. The Bertz CT molecular complexity index is 589. The number of hydrogen-bond donors (Lipinski definition) is 1. The number of carbonyl (C=O) groups is 1. The van der Waals surface area contributed by atoms with Crippen LogP contribution in [0.25, 0.3) is 0 Å². The molecule has 0 radical (unpaired) electrons. The Labute approximate surface area is 122 Å². The number of nitrogens with zero attached hydrogens (tertiary/aromatic N) is 2. The van der Waals surface area contributed by atoms with Crippen LogP contribution in [0.5, 0.6) is 0 Å². The predicted molar refractivity (Wildman–Crippen MR) is 80.3 cm³/mol. The lowest BCUT2D eigenvalue weighted by atomic mass is 10.2. The van der Waals surface area contributed by atoms with Crippen molar-refractivity contribution in [1.29, 1.82) is 5.26 Å². The minimum atomic E-state index is -0.686. The van der Waals surface area contributed by atoms with Crippen LogP contribution in [-0.2, 0) is 4.79 Å². The van der Waals surface area contributed by atoms with Crippen LogP contribution in [0.15, 0.2) is 47.8 Å². The summed E-state index contributed by atoms with van der Waals surface area (Å²) in [4.78, 5) is 14.9. The molecule has 0 fully saturated rings. The van der Waals surface area contributed by atoms with Crippen LogP contribution in [0.3, 0.4) is 0 Å². The highest BCUT2D eigenvalue weighted by Gasteiger charge is 2.24. The maximum atomic E-state index is 12.5. The molecule has 5 heteroatoms. The topological polar surface area (TPSA) is 70.1 Å². The van der Waals surface area contributed by atoms with Crippen molar-refractivity contribution < 1.29 is 4.79 Å². The number of nitrogens with two attached hydrogens (primary N) is 1. The minimum absolute atomic E-state index is 0.186. The molecule has 2 N–H and O–H groups in total. The zero-order valence-electron chi connectivity index (χ0n) is 10.9. The predicted octanol–water partition coefficient (Wildman–Crippen LogP) is 2.69. The first-order chi connectivity index (χ1) is 9.74. The highest BCUT2D eigenvalue weighted by Crippen LogP contribution is 2.22. The number of rotatable bonds is 5. The molecule has 4 nitrogen and oxygen atoms in total. The van der Waals surface area contributed by atoms with Gasteiger partial charge in [-0.25, -0.2) is 0 Å². The summed E-state index contributed by atoms with van der Waals surface area (Å²) in [6.45, 7) is 0.346. The molecule has 1 aromatic heterocycles. The molecule has 102 valence electrons. The van der Waals surface area contributed by atoms with Crippen molar-refractivity contribution >= 4 is 22.9 Å². The molecule has 1 unspecified atom stereocenters. The van der Waals surface area contributed by atoms with Gasteiger partial charge in [0.15, 0.2) is 0 Å². The summed E-state index contributed by atoms with van der Waals surface area (Å²) in [5, 5.41) is 10.6. The van der Waals surface area contributed by atoms with Gasteiger partial charge in [-0.1, -0.05) is 24.3 Å². The van der Waals surface area contributed by atoms with Crippen molar-refractivity contribution in [3.8, 4) is 6.07 Å². The van der Waals surface area contributed by atoms with Crippen molar-refractivity contribution in [2.45, 2.75) is 12.5 Å². The van der Waals surface area contributed by atoms with Gasteiger partial charge in [-0.05, 0) is 23.6 Å². The molecule has 0 spiro atoms. The Morgan fingerprint density at radius 2 is 2.05 bits per heavy atom. The summed E-state index contributed by atoms with van der Waals surface area (Å²) in [6.07, 6.45) is 0.276. The van der Waals surface area contributed by atoms with E-state index in [4.69, 9.17) is 11.0 Å². The van der Waals surface area contributed by atoms with Crippen molar-refractivity contribution in [2.75, 3.05) is 11.4 Å². The van der Waals surface area contributed by atoms with Crippen LogP contribution in [-0.4, -0.2) is 12.5 Å². The molecule has 0 saturated heterocycles. The first-order valence-electron chi connectivity index (χ1n) is 6.26. The van der Waals surface area contributed by atoms with Gasteiger partial charge < -0.3 is 10.6 Å². The number of thiophene rings is 1. The molecule has 0 aliphatic carbocycles. The number of benzene rings is 1. The van der Waals surface area contributed by atoms with Gasteiger partial charge in [0.2, 0.25) is 5.91 Å². The van der Waals surface area contributed by atoms with E-state index in [1.165, 1.54) is 11.3 Å². The Morgan fingerprint density at radius 1 is 1.30 bits per heavy atom. The summed E-state index contributed by atoms with van der Waals surface area (Å²) in [6, 6.07) is 14.4. The molecule has 2 rings (SSSR count). The van der Waals surface area contributed by atoms with Crippen LogP contribution < -0.4 is 10.6 Å². The standard InChI is InChI=1S/C15H15N3OS/c16-9-5-10-18(12-6-2-1-3-7-12)15(19)14(17)13-8-4-11-20-13/h1-4,6-8,11,14H,5,10,17H2. The fraction of sp³-hybridized carbons (Fsp3) is 0.200. The third-order valence-electron chi connectivity index (χ3n) is 2.90. The monoisotopic (exact) mass is 285 g/mol. The van der Waals surface area contributed by atoms with E-state index < -0.39 is 6.04 Å². The lowest BCUT2D eigenvalue weighted by Gasteiger charge is -2.24. The summed E-state index contributed by atoms with van der Waals surface area (Å²) in [5.41, 5.74) is 6.79. The Morgan fingerprint density at radius 3 is 2.65 bits per heavy atom. The lowest BCUT2D eigenvalue weighted by Crippen LogP contribution is -2.39. The quantitative estimate of drug-likeness (QED) is 0.918. The van der Waals surface area contributed by atoms with Gasteiger partial charge in [0.25, 0.3) is 0 Å². The number of para-hydroxylation sites is 1. The Kier molecular flexibility index (Phi) is 4.88. The van der Waals surface area contributed by atoms with Gasteiger partial charge in [-0.2, -0.15) is 5.26 Å². The van der Waals surface area contributed by atoms with Crippen LogP contribution in [0, 0.1) is 11.3 Å². The first kappa shape index (κ1) is 14.3. The van der Waals surface area contributed by atoms with Gasteiger partial charge >= 0.3 is 0 Å². The van der Waals surface area contributed by atoms with E-state index in [9.17, 15) is 4.79 Å². The van der Waals surface area contributed by atoms with Crippen LogP contribution in [0.1, 0.15) is 17.3 Å². The molecule has 1 amide bonds. The summed E-state index contributed by atoms with van der Waals surface area (Å²) >= 11 is 1.46. The smallest absolute Gasteiger partial charge is 0.249 e. The Balaban J connectivity index is 2.23. The molecular weight excluding hydrogens is 270 g/mol. The maximum Gasteiger partial charge on any atom is 0.249 e. The van der Waals surface area contributed by atoms with E-state index in [0.29, 0.717) is 6.54 Å². The van der Waals surface area contributed by atoms with Gasteiger partial charge in [-0.3, -0.25) is 4.79 Å². The number of anilines is 1. The fourth-order valence-electron chi connectivity index (χ4n) is 1.89. The number of amides is 1. The molecule has 0 aliphatic rings. The van der Waals surface area contributed by atoms with Crippen molar-refractivity contribution in [1.82, 2.24) is 0 Å². The first-order valence-corrected chi connectivity index (χ1v) is 7.14. The van der Waals surface area contributed by atoms with Crippen molar-refractivity contribution in [3.05, 3.63) is 52.7 Å². The highest BCUT2D eigenvalue weighted by atomic mass is 32.1. The molecule has 1 heterocycles. The van der Waals surface area contributed by atoms with Crippen molar-refractivity contribution in [2.24, 2.45) is 5.73 Å². The molecule has 1 aromatic carbocycles. The summed E-state index contributed by atoms with van der Waals surface area (Å²) < 4.78 is 0. The molecule has 0 saturated carbocycles. The van der Waals surface area contributed by atoms with E-state index in [2.05, 4.69) is 6.07 Å². The van der Waals surface area contributed by atoms with Crippen LogP contribution in [0.4, 0.5) is 5.69 Å². The zero-order chi connectivity index (χ0) is 14.4. The number of carbonyl (C=O) groups excluding carboxylic acids is 1. The van der Waals surface area contributed by atoms with Gasteiger partial charge in [0, 0.05) is 17.1 Å². The lowest BCUT2D eigenvalue weighted by molar-refractivity contribution is -0.119. The molecule has 0 aliphatic heterocycles. The second kappa shape index (κ2) is 6.85. The van der Waals surface area contributed by atoms with Gasteiger partial charge in [0.1, 0.15) is 6.04 Å². The average molecular weight is 285 g/mol. The SMILES string of the molecule is N#CCCN(C(=O)C(N)c1cccs1)c1ccccc1. The van der Waals surface area contributed by atoms with Crippen LogP contribution >= 0.6 is 11.3 Å². The van der Waals surface area contributed by atoms with E-state index >= 15 is 0 Å². The third kappa shape index (κ3) is 3.23. The highest BCUT2D eigenvalue weighted by molar-refractivity contribution is 7.10. The summed E-state index contributed by atoms with van der Waals surface area (Å²) in [5.74, 6) is -0.186. The molecule has 1 atom stereocenters. The molecular formula is C15H15N3OS. The van der Waals surface area contributed by atoms with Gasteiger partial charge in [0.05, 0.1) is 12.5 Å². The maximum absolute atomic E-state index is 12.5. The zero-order valence-corrected chi connectivity index (χ0v) is 11.7. The molecule has 0 bridgehead atoms. The van der Waals surface area contributed by atoms with Crippen molar-refractivity contribution in [3.63, 3.8) is 0 Å². The second-order valence-corrected chi connectivity index (χ2v) is 5.21. The average Bonchev–Trinajstić information content (AvgIpc) is 3.02. The van der Waals surface area contributed by atoms with Gasteiger partial charge in [-0.15, -0.1) is 11.3 Å². The van der Waals surface area contributed by atoms with E-state index in [1.807, 2.05) is 47.8 Å². The van der Waals surface area contributed by atoms with E-state index in [1.54, 1.807) is 4.90 Å². The minimum Gasteiger partial charge on any atom is -0.316 e. The van der Waals surface area contributed by atoms with E-state index in [-0.39, 0.29) is 12.3 Å². The Hall–Kier alpha value is -2.16. The number of hydrogen-bond acceptors (Lipinski definition) is 4. The fourth-order valence-corrected chi connectivity index (χ4v) is 2.61. The number of nitriles is 1. The largest absolute Gasteiger partial charge is 0.316 e. The summed E-state index contributed by atoms with van der Waals surface area (Å²) in [7, 11) is 0.